The van der Waals surface area contributed by atoms with Crippen LogP contribution in [0.4, 0.5) is 0 Å². The summed E-state index contributed by atoms with van der Waals surface area (Å²) in [6, 6.07) is 13.5. The van der Waals surface area contributed by atoms with Crippen molar-refractivity contribution in [2.75, 3.05) is 19.6 Å². The summed E-state index contributed by atoms with van der Waals surface area (Å²) in [5, 5.41) is 15.0. The Hall–Kier alpha value is -3.46. The minimum Gasteiger partial charge on any atom is -0.372 e. The van der Waals surface area contributed by atoms with E-state index >= 15 is 0 Å². The first-order valence-corrected chi connectivity index (χ1v) is 11.4. The number of pyridine rings is 1. The van der Waals surface area contributed by atoms with Crippen molar-refractivity contribution in [3.8, 4) is 0 Å². The lowest BCUT2D eigenvalue weighted by Crippen LogP contribution is -2.48. The number of guanidine groups is 1. The zero-order valence-corrected chi connectivity index (χ0v) is 19.4. The summed E-state index contributed by atoms with van der Waals surface area (Å²) in [6.07, 6.45) is 2.05. The Morgan fingerprint density at radius 1 is 1.09 bits per heavy atom. The van der Waals surface area contributed by atoms with E-state index in [1.165, 1.54) is 0 Å². The first-order valence-electron chi connectivity index (χ1n) is 11.4. The first kappa shape index (κ1) is 22.7. The van der Waals surface area contributed by atoms with Crippen LogP contribution in [-0.2, 0) is 17.8 Å². The Kier molecular flexibility index (Phi) is 7.19. The van der Waals surface area contributed by atoms with Crippen LogP contribution >= 0.6 is 0 Å². The van der Waals surface area contributed by atoms with Crippen molar-refractivity contribution in [2.24, 2.45) is 4.99 Å². The molecule has 174 valence electrons. The first-order chi connectivity index (χ1) is 16.0. The number of carbonyl (C=O) groups is 1. The summed E-state index contributed by atoms with van der Waals surface area (Å²) in [6.45, 7) is 9.00. The molecule has 0 aliphatic carbocycles. The number of morpholine rings is 1. The van der Waals surface area contributed by atoms with Crippen LogP contribution in [-0.4, -0.2) is 63.2 Å². The molecule has 2 unspecified atom stereocenters. The molecule has 0 spiro atoms. The maximum absolute atomic E-state index is 12.9. The zero-order valence-electron chi connectivity index (χ0n) is 19.4. The van der Waals surface area contributed by atoms with E-state index in [-0.39, 0.29) is 18.1 Å². The van der Waals surface area contributed by atoms with E-state index in [0.29, 0.717) is 37.7 Å². The summed E-state index contributed by atoms with van der Waals surface area (Å²) in [5.41, 5.74) is 2.53. The van der Waals surface area contributed by atoms with Gasteiger partial charge in [-0.3, -0.25) is 9.20 Å². The molecule has 2 aromatic heterocycles. The SMILES string of the molecule is CCNC(=NCc1ccc(C(=O)N2CC(C)OC(C)C2)cc1)NCc1nnc2ccccn12. The molecule has 0 bridgehead atoms. The zero-order chi connectivity index (χ0) is 23.2. The molecule has 1 aliphatic heterocycles. The molecule has 1 amide bonds. The molecule has 2 atom stereocenters. The van der Waals surface area contributed by atoms with Crippen LogP contribution in [0.25, 0.3) is 5.65 Å². The maximum Gasteiger partial charge on any atom is 0.254 e. The van der Waals surface area contributed by atoms with E-state index in [2.05, 4.69) is 25.8 Å². The summed E-state index contributed by atoms with van der Waals surface area (Å²) in [4.78, 5) is 19.4. The third-order valence-corrected chi connectivity index (χ3v) is 5.47. The van der Waals surface area contributed by atoms with Crippen LogP contribution < -0.4 is 10.6 Å². The second-order valence-corrected chi connectivity index (χ2v) is 8.26. The molecule has 9 heteroatoms. The molecule has 4 rings (SSSR count). The van der Waals surface area contributed by atoms with Gasteiger partial charge in [0.15, 0.2) is 17.4 Å². The molecule has 1 aromatic carbocycles. The van der Waals surface area contributed by atoms with E-state index in [9.17, 15) is 4.79 Å². The fourth-order valence-corrected chi connectivity index (χ4v) is 3.97. The number of nitrogens with zero attached hydrogens (tertiary/aromatic N) is 5. The van der Waals surface area contributed by atoms with Gasteiger partial charge in [0.05, 0.1) is 25.3 Å². The van der Waals surface area contributed by atoms with Gasteiger partial charge < -0.3 is 20.3 Å². The van der Waals surface area contributed by atoms with Crippen LogP contribution in [0.2, 0.25) is 0 Å². The van der Waals surface area contributed by atoms with E-state index < -0.39 is 0 Å². The van der Waals surface area contributed by atoms with Gasteiger partial charge in [-0.2, -0.15) is 0 Å². The lowest BCUT2D eigenvalue weighted by molar-refractivity contribution is -0.0586. The van der Waals surface area contributed by atoms with Crippen LogP contribution in [0.5, 0.6) is 0 Å². The maximum atomic E-state index is 12.9. The van der Waals surface area contributed by atoms with Gasteiger partial charge in [-0.15, -0.1) is 10.2 Å². The summed E-state index contributed by atoms with van der Waals surface area (Å²) in [7, 11) is 0. The number of fused-ring (bicyclic) bond motifs is 1. The predicted octanol–water partition coefficient (Wildman–Crippen LogP) is 2.23. The van der Waals surface area contributed by atoms with Gasteiger partial charge in [0.2, 0.25) is 0 Å². The molecule has 1 aliphatic rings. The van der Waals surface area contributed by atoms with Gasteiger partial charge in [-0.1, -0.05) is 18.2 Å². The third-order valence-electron chi connectivity index (χ3n) is 5.47. The highest BCUT2D eigenvalue weighted by Gasteiger charge is 2.26. The second kappa shape index (κ2) is 10.4. The third kappa shape index (κ3) is 5.67. The number of ether oxygens (including phenoxy) is 1. The largest absolute Gasteiger partial charge is 0.372 e. The molecular weight excluding hydrogens is 418 g/mol. The van der Waals surface area contributed by atoms with Crippen molar-refractivity contribution in [3.05, 3.63) is 65.6 Å². The van der Waals surface area contributed by atoms with E-state index in [4.69, 9.17) is 4.74 Å². The Labute approximate surface area is 193 Å². The summed E-state index contributed by atoms with van der Waals surface area (Å²) >= 11 is 0. The lowest BCUT2D eigenvalue weighted by atomic mass is 10.1. The number of carbonyl (C=O) groups excluding carboxylic acids is 1. The van der Waals surface area contributed by atoms with Gasteiger partial charge >= 0.3 is 0 Å². The van der Waals surface area contributed by atoms with Gasteiger partial charge in [0, 0.05) is 31.4 Å². The van der Waals surface area contributed by atoms with Gasteiger partial charge in [-0.05, 0) is 50.6 Å². The van der Waals surface area contributed by atoms with Gasteiger partial charge in [-0.25, -0.2) is 4.99 Å². The van der Waals surface area contributed by atoms with Crippen LogP contribution in [0, 0.1) is 0 Å². The monoisotopic (exact) mass is 449 g/mol. The molecule has 3 aromatic rings. The average Bonchev–Trinajstić information content (AvgIpc) is 3.23. The Morgan fingerprint density at radius 3 is 2.58 bits per heavy atom. The van der Waals surface area contributed by atoms with E-state index in [0.717, 1.165) is 23.6 Å². The van der Waals surface area contributed by atoms with Crippen molar-refractivity contribution < 1.29 is 9.53 Å². The number of hydrogen-bond donors (Lipinski definition) is 2. The Bertz CT molecular complexity index is 1100. The highest BCUT2D eigenvalue weighted by Crippen LogP contribution is 2.15. The number of nitrogens with one attached hydrogen (secondary N) is 2. The number of hydrogen-bond acceptors (Lipinski definition) is 5. The molecule has 9 nitrogen and oxygen atoms in total. The van der Waals surface area contributed by atoms with Crippen LogP contribution in [0.15, 0.2) is 53.7 Å². The van der Waals surface area contributed by atoms with Gasteiger partial charge in [0.25, 0.3) is 5.91 Å². The molecule has 2 N–H and O–H groups in total. The van der Waals surface area contributed by atoms with E-state index in [1.807, 2.05) is 78.7 Å². The smallest absolute Gasteiger partial charge is 0.254 e. The number of amides is 1. The van der Waals surface area contributed by atoms with Crippen molar-refractivity contribution in [1.82, 2.24) is 30.1 Å². The number of aromatic nitrogens is 3. The molecule has 1 fully saturated rings. The predicted molar refractivity (Wildman–Crippen MR) is 127 cm³/mol. The van der Waals surface area contributed by atoms with Crippen molar-refractivity contribution >= 4 is 17.5 Å². The lowest BCUT2D eigenvalue weighted by Gasteiger charge is -2.35. The number of benzene rings is 1. The van der Waals surface area contributed by atoms with Crippen molar-refractivity contribution in [3.63, 3.8) is 0 Å². The molecule has 0 saturated carbocycles. The normalized spacial score (nSPS) is 19.0. The van der Waals surface area contributed by atoms with E-state index in [1.54, 1.807) is 0 Å². The quantitative estimate of drug-likeness (QED) is 0.443. The molecule has 3 heterocycles. The molecule has 0 radical (unpaired) electrons. The van der Waals surface area contributed by atoms with Crippen LogP contribution in [0.1, 0.15) is 42.5 Å². The molecule has 1 saturated heterocycles. The summed E-state index contributed by atoms with van der Waals surface area (Å²) in [5.74, 6) is 1.55. The fraction of sp³-hybridized carbons (Fsp3) is 0.417. The average molecular weight is 450 g/mol. The molecular formula is C24H31N7O2. The number of rotatable bonds is 6. The summed E-state index contributed by atoms with van der Waals surface area (Å²) < 4.78 is 7.68. The second-order valence-electron chi connectivity index (χ2n) is 8.26. The minimum absolute atomic E-state index is 0.0441. The Balaban J connectivity index is 1.37. The van der Waals surface area contributed by atoms with Crippen molar-refractivity contribution in [1.29, 1.82) is 0 Å². The fourth-order valence-electron chi connectivity index (χ4n) is 3.97. The Morgan fingerprint density at radius 2 is 1.85 bits per heavy atom. The highest BCUT2D eigenvalue weighted by atomic mass is 16.5. The van der Waals surface area contributed by atoms with Crippen molar-refractivity contribution in [2.45, 2.75) is 46.1 Å². The topological polar surface area (TPSA) is 96.2 Å². The number of aliphatic imine (C=N–C) groups is 1. The van der Waals surface area contributed by atoms with Gasteiger partial charge in [0.1, 0.15) is 0 Å². The molecule has 33 heavy (non-hydrogen) atoms. The standard InChI is InChI=1S/C24H31N7O2/c1-4-25-24(27-14-22-29-28-21-7-5-6-12-31(21)22)26-13-19-8-10-20(11-9-19)23(32)30-15-17(2)33-18(3)16-30/h5-12,17-18H,4,13-16H2,1-3H3,(H2,25,26,27). The minimum atomic E-state index is 0.0441. The highest BCUT2D eigenvalue weighted by molar-refractivity contribution is 5.94. The van der Waals surface area contributed by atoms with Crippen LogP contribution in [0.3, 0.4) is 0 Å².